The van der Waals surface area contributed by atoms with E-state index in [1.165, 1.54) is 12.1 Å². The van der Waals surface area contributed by atoms with Gasteiger partial charge in [-0.05, 0) is 24.3 Å². The molecule has 13 heavy (non-hydrogen) atoms. The van der Waals surface area contributed by atoms with Gasteiger partial charge in [0.25, 0.3) is 0 Å². The highest BCUT2D eigenvalue weighted by Crippen LogP contribution is 2.24. The van der Waals surface area contributed by atoms with E-state index in [-0.39, 0.29) is 5.56 Å². The highest BCUT2D eigenvalue weighted by atomic mass is 19.3. The van der Waals surface area contributed by atoms with Crippen molar-refractivity contribution in [3.8, 4) is 0 Å². The fourth-order valence-corrected chi connectivity index (χ4v) is 0.936. The second-order valence-corrected chi connectivity index (χ2v) is 2.46. The average Bonchev–Trinajstić information content (AvgIpc) is 2.09. The molecule has 1 aromatic carbocycles. The summed E-state index contributed by atoms with van der Waals surface area (Å²) in [6.45, 7) is 6.53. The Morgan fingerprint density at radius 1 is 1.15 bits per heavy atom. The van der Waals surface area contributed by atoms with E-state index >= 15 is 0 Å². The summed E-state index contributed by atoms with van der Waals surface area (Å²) < 4.78 is 36.7. The van der Waals surface area contributed by atoms with Crippen molar-refractivity contribution >= 4 is 0 Å². The van der Waals surface area contributed by atoms with Crippen molar-refractivity contribution in [2.75, 3.05) is 0 Å². The van der Waals surface area contributed by atoms with Gasteiger partial charge >= 0.3 is 12.5 Å². The summed E-state index contributed by atoms with van der Waals surface area (Å²) in [6, 6.07) is 3.04. The molecule has 0 saturated heterocycles. The standard InChI is InChI=1S/C9H6F3N/c1-13-8(9(11)12)6-2-4-7(10)5-3-6/h2-5,8-9H. The van der Waals surface area contributed by atoms with Crippen LogP contribution in [0.25, 0.3) is 4.85 Å². The van der Waals surface area contributed by atoms with Crippen molar-refractivity contribution in [3.05, 3.63) is 47.1 Å². The van der Waals surface area contributed by atoms with Crippen molar-refractivity contribution in [2.24, 2.45) is 0 Å². The zero-order chi connectivity index (χ0) is 9.84. The number of benzene rings is 1. The maximum Gasteiger partial charge on any atom is 0.316 e. The molecule has 0 radical (unpaired) electrons. The Bertz CT molecular complexity index is 313. The van der Waals surface area contributed by atoms with E-state index in [4.69, 9.17) is 6.57 Å². The minimum Gasteiger partial charge on any atom is -0.302 e. The SMILES string of the molecule is [C-]#[N+]C(c1ccc(F)cc1)C(F)F. The molecule has 4 heteroatoms. The van der Waals surface area contributed by atoms with Gasteiger partial charge in [-0.1, -0.05) is 0 Å². The molecule has 0 fully saturated rings. The second kappa shape index (κ2) is 3.94. The molecule has 0 heterocycles. The van der Waals surface area contributed by atoms with Gasteiger partial charge in [-0.3, -0.25) is 0 Å². The first-order chi connectivity index (χ1) is 6.15. The number of alkyl halides is 2. The fraction of sp³-hybridized carbons (Fsp3) is 0.222. The second-order valence-electron chi connectivity index (χ2n) is 2.46. The third-order valence-corrected chi connectivity index (χ3v) is 1.59. The average molecular weight is 185 g/mol. The highest BCUT2D eigenvalue weighted by molar-refractivity contribution is 5.22. The van der Waals surface area contributed by atoms with Gasteiger partial charge in [-0.25, -0.2) is 19.7 Å². The largest absolute Gasteiger partial charge is 0.316 e. The van der Waals surface area contributed by atoms with Crippen molar-refractivity contribution in [1.82, 2.24) is 0 Å². The van der Waals surface area contributed by atoms with Crippen LogP contribution >= 0.6 is 0 Å². The van der Waals surface area contributed by atoms with Gasteiger partial charge in [0.2, 0.25) is 0 Å². The van der Waals surface area contributed by atoms with Gasteiger partial charge < -0.3 is 4.85 Å². The van der Waals surface area contributed by atoms with Gasteiger partial charge in [0.1, 0.15) is 5.82 Å². The Morgan fingerprint density at radius 2 is 1.69 bits per heavy atom. The number of rotatable bonds is 2. The van der Waals surface area contributed by atoms with Crippen LogP contribution in [-0.4, -0.2) is 6.43 Å². The van der Waals surface area contributed by atoms with Gasteiger partial charge in [0.15, 0.2) is 0 Å². The van der Waals surface area contributed by atoms with Crippen LogP contribution in [0.3, 0.4) is 0 Å². The van der Waals surface area contributed by atoms with Crippen LogP contribution in [0.4, 0.5) is 13.2 Å². The molecular weight excluding hydrogens is 179 g/mol. The first-order valence-corrected chi connectivity index (χ1v) is 3.55. The number of nitrogens with zero attached hydrogens (tertiary/aromatic N) is 1. The maximum absolute atomic E-state index is 12.4. The summed E-state index contributed by atoms with van der Waals surface area (Å²) in [6.07, 6.45) is -2.73. The molecule has 0 aromatic heterocycles. The quantitative estimate of drug-likeness (QED) is 0.623. The minimum atomic E-state index is -2.73. The molecule has 1 atom stereocenters. The van der Waals surface area contributed by atoms with E-state index in [0.29, 0.717) is 0 Å². The lowest BCUT2D eigenvalue weighted by atomic mass is 10.1. The Balaban J connectivity index is 2.94. The third kappa shape index (κ3) is 2.22. The van der Waals surface area contributed by atoms with E-state index in [9.17, 15) is 13.2 Å². The van der Waals surface area contributed by atoms with Gasteiger partial charge in [-0.2, -0.15) is 0 Å². The fourth-order valence-electron chi connectivity index (χ4n) is 0.936. The zero-order valence-corrected chi connectivity index (χ0v) is 6.55. The highest BCUT2D eigenvalue weighted by Gasteiger charge is 2.27. The lowest BCUT2D eigenvalue weighted by molar-refractivity contribution is 0.130. The molecule has 0 amide bonds. The summed E-state index contributed by atoms with van der Waals surface area (Å²) in [5, 5.41) is 0. The van der Waals surface area contributed by atoms with E-state index in [1.54, 1.807) is 0 Å². The first-order valence-electron chi connectivity index (χ1n) is 3.55. The molecule has 1 nitrogen and oxygen atoms in total. The molecule has 1 unspecified atom stereocenters. The van der Waals surface area contributed by atoms with E-state index in [2.05, 4.69) is 4.85 Å². The number of halogens is 3. The van der Waals surface area contributed by atoms with Crippen molar-refractivity contribution in [2.45, 2.75) is 12.5 Å². The maximum atomic E-state index is 12.4. The molecule has 0 bridgehead atoms. The zero-order valence-electron chi connectivity index (χ0n) is 6.55. The van der Waals surface area contributed by atoms with Gasteiger partial charge in [-0.15, -0.1) is 0 Å². The van der Waals surface area contributed by atoms with Crippen LogP contribution in [0.5, 0.6) is 0 Å². The van der Waals surface area contributed by atoms with Crippen LogP contribution in [0.15, 0.2) is 24.3 Å². The van der Waals surface area contributed by atoms with Crippen LogP contribution in [0.2, 0.25) is 0 Å². The smallest absolute Gasteiger partial charge is 0.302 e. The lowest BCUT2D eigenvalue weighted by Crippen LogP contribution is -2.04. The summed E-state index contributed by atoms with van der Waals surface area (Å²) in [4.78, 5) is 2.76. The third-order valence-electron chi connectivity index (χ3n) is 1.59. The minimum absolute atomic E-state index is 0.145. The molecule has 0 aliphatic carbocycles. The van der Waals surface area contributed by atoms with Crippen LogP contribution in [0.1, 0.15) is 11.6 Å². The Morgan fingerprint density at radius 3 is 2.08 bits per heavy atom. The molecule has 0 N–H and O–H groups in total. The van der Waals surface area contributed by atoms with Crippen LogP contribution in [0, 0.1) is 12.4 Å². The Hall–Kier alpha value is -1.50. The van der Waals surface area contributed by atoms with Crippen molar-refractivity contribution in [3.63, 3.8) is 0 Å². The Labute approximate surface area is 73.6 Å². The molecule has 1 aromatic rings. The van der Waals surface area contributed by atoms with Crippen molar-refractivity contribution in [1.29, 1.82) is 0 Å². The lowest BCUT2D eigenvalue weighted by Gasteiger charge is -2.03. The molecule has 68 valence electrons. The summed E-state index contributed by atoms with van der Waals surface area (Å²) in [5.41, 5.74) is 0.145. The van der Waals surface area contributed by atoms with Crippen LogP contribution < -0.4 is 0 Å². The first kappa shape index (κ1) is 9.59. The summed E-state index contributed by atoms with van der Waals surface area (Å²) >= 11 is 0. The summed E-state index contributed by atoms with van der Waals surface area (Å²) in [7, 11) is 0. The summed E-state index contributed by atoms with van der Waals surface area (Å²) in [5.74, 6) is -0.498. The van der Waals surface area contributed by atoms with E-state index in [1.807, 2.05) is 0 Å². The predicted molar refractivity (Wildman–Crippen MR) is 41.7 cm³/mol. The van der Waals surface area contributed by atoms with Gasteiger partial charge in [0.05, 0.1) is 0 Å². The molecule has 0 aliphatic rings. The van der Waals surface area contributed by atoms with E-state index in [0.717, 1.165) is 12.1 Å². The molecular formula is C9H6F3N. The topological polar surface area (TPSA) is 4.36 Å². The number of hydrogen-bond acceptors (Lipinski definition) is 0. The molecule has 0 saturated carbocycles. The Kier molecular flexibility index (Phi) is 2.91. The number of hydrogen-bond donors (Lipinski definition) is 0. The molecule has 1 rings (SSSR count). The van der Waals surface area contributed by atoms with Gasteiger partial charge in [0, 0.05) is 5.56 Å². The van der Waals surface area contributed by atoms with E-state index < -0.39 is 18.3 Å². The normalized spacial score (nSPS) is 12.5. The monoisotopic (exact) mass is 185 g/mol. The molecule has 0 spiro atoms. The van der Waals surface area contributed by atoms with Crippen LogP contribution in [-0.2, 0) is 0 Å². The predicted octanol–water partition coefficient (Wildman–Crippen LogP) is 3.05. The molecule has 0 aliphatic heterocycles. The van der Waals surface area contributed by atoms with Crippen molar-refractivity contribution < 1.29 is 13.2 Å².